The van der Waals surface area contributed by atoms with Gasteiger partial charge in [0.05, 0.1) is 32.4 Å². The molecule has 1 heterocycles. The zero-order chi connectivity index (χ0) is 17.0. The van der Waals surface area contributed by atoms with E-state index >= 15 is 0 Å². The van der Waals surface area contributed by atoms with Gasteiger partial charge in [-0.05, 0) is 19.9 Å². The molecule has 0 radical (unpaired) electrons. The molecule has 7 nitrogen and oxygen atoms in total. The fraction of sp³-hybridized carbons (Fsp3) is 0.375. The number of rotatable bonds is 5. The van der Waals surface area contributed by atoms with Gasteiger partial charge in [-0.1, -0.05) is 12.1 Å². The molecule has 0 fully saturated rings. The van der Waals surface area contributed by atoms with E-state index in [1.165, 1.54) is 14.2 Å². The first-order chi connectivity index (χ1) is 11.0. The normalized spacial score (nSPS) is 17.2. The minimum absolute atomic E-state index is 0.242. The summed E-state index contributed by atoms with van der Waals surface area (Å²) in [6.45, 7) is 3.62. The number of allylic oxidation sites excluding steroid dienone is 1. The first-order valence-corrected chi connectivity index (χ1v) is 7.19. The van der Waals surface area contributed by atoms with E-state index in [1.54, 1.807) is 32.0 Å². The summed E-state index contributed by atoms with van der Waals surface area (Å²) in [6, 6.07) is 4.19. The summed E-state index contributed by atoms with van der Waals surface area (Å²) in [4.78, 5) is 24.2. The molecular weight excluding hydrogens is 300 g/mol. The number of urea groups is 1. The smallest absolute Gasteiger partial charge is 0.338 e. The van der Waals surface area contributed by atoms with Crippen molar-refractivity contribution in [2.75, 3.05) is 20.8 Å². The van der Waals surface area contributed by atoms with Crippen molar-refractivity contribution in [3.8, 4) is 11.5 Å². The van der Waals surface area contributed by atoms with Gasteiger partial charge in [0.1, 0.15) is 0 Å². The first-order valence-electron chi connectivity index (χ1n) is 7.19. The van der Waals surface area contributed by atoms with E-state index in [2.05, 4.69) is 10.6 Å². The van der Waals surface area contributed by atoms with Crippen LogP contribution in [-0.4, -0.2) is 32.8 Å². The van der Waals surface area contributed by atoms with Crippen molar-refractivity contribution in [3.05, 3.63) is 35.0 Å². The van der Waals surface area contributed by atoms with Gasteiger partial charge < -0.3 is 24.8 Å². The molecule has 1 aromatic rings. The maximum atomic E-state index is 12.3. The summed E-state index contributed by atoms with van der Waals surface area (Å²) < 4.78 is 15.8. The number of hydrogen-bond donors (Lipinski definition) is 2. The minimum atomic E-state index is -0.687. The monoisotopic (exact) mass is 320 g/mol. The molecular formula is C16H20N2O5. The second kappa shape index (κ2) is 7.04. The van der Waals surface area contributed by atoms with Crippen LogP contribution in [0.4, 0.5) is 4.79 Å². The molecule has 1 atom stereocenters. The van der Waals surface area contributed by atoms with Gasteiger partial charge in [0, 0.05) is 11.3 Å². The van der Waals surface area contributed by atoms with Gasteiger partial charge in [0.15, 0.2) is 11.5 Å². The highest BCUT2D eigenvalue weighted by molar-refractivity contribution is 5.95. The van der Waals surface area contributed by atoms with E-state index in [-0.39, 0.29) is 6.61 Å². The largest absolute Gasteiger partial charge is 0.493 e. The van der Waals surface area contributed by atoms with Crippen molar-refractivity contribution in [1.82, 2.24) is 10.6 Å². The van der Waals surface area contributed by atoms with Gasteiger partial charge in [-0.15, -0.1) is 0 Å². The van der Waals surface area contributed by atoms with Crippen molar-refractivity contribution < 1.29 is 23.8 Å². The molecule has 1 aromatic carbocycles. The molecule has 0 aromatic heterocycles. The maximum Gasteiger partial charge on any atom is 0.338 e. The summed E-state index contributed by atoms with van der Waals surface area (Å²) in [5.41, 5.74) is 1.39. The molecule has 0 saturated carbocycles. The van der Waals surface area contributed by atoms with E-state index in [4.69, 9.17) is 14.2 Å². The molecule has 23 heavy (non-hydrogen) atoms. The van der Waals surface area contributed by atoms with E-state index in [0.717, 1.165) is 0 Å². The summed E-state index contributed by atoms with van der Waals surface area (Å²) >= 11 is 0. The number of carbonyl (C=O) groups excluding carboxylic acids is 2. The number of esters is 1. The third-order valence-electron chi connectivity index (χ3n) is 3.51. The van der Waals surface area contributed by atoms with Crippen LogP contribution in [0, 0.1) is 0 Å². The van der Waals surface area contributed by atoms with Crippen LogP contribution in [-0.2, 0) is 9.53 Å². The lowest BCUT2D eigenvalue weighted by Gasteiger charge is -2.29. The Morgan fingerprint density at radius 3 is 2.61 bits per heavy atom. The quantitative estimate of drug-likeness (QED) is 0.809. The molecule has 2 rings (SSSR count). The summed E-state index contributed by atoms with van der Waals surface area (Å²) in [5.74, 6) is 0.475. The minimum Gasteiger partial charge on any atom is -0.493 e. The lowest BCUT2D eigenvalue weighted by molar-refractivity contribution is -0.139. The number of nitrogens with one attached hydrogen (secondary N) is 2. The molecule has 0 saturated heterocycles. The van der Waals surface area contributed by atoms with E-state index in [1.807, 2.05) is 0 Å². The Balaban J connectivity index is 2.57. The number of methoxy groups -OCH3 is 2. The molecule has 1 unspecified atom stereocenters. The average Bonchev–Trinajstić information content (AvgIpc) is 2.53. The molecule has 7 heteroatoms. The zero-order valence-corrected chi connectivity index (χ0v) is 13.6. The Morgan fingerprint density at radius 1 is 1.26 bits per heavy atom. The highest BCUT2D eigenvalue weighted by atomic mass is 16.5. The Kier molecular flexibility index (Phi) is 5.10. The number of para-hydroxylation sites is 1. The molecule has 2 N–H and O–H groups in total. The van der Waals surface area contributed by atoms with E-state index < -0.39 is 18.0 Å². The predicted octanol–water partition coefficient (Wildman–Crippen LogP) is 1.89. The molecule has 0 aliphatic carbocycles. The summed E-state index contributed by atoms with van der Waals surface area (Å²) in [7, 11) is 3.03. The van der Waals surface area contributed by atoms with Crippen molar-refractivity contribution in [2.45, 2.75) is 19.9 Å². The topological polar surface area (TPSA) is 85.9 Å². The Hall–Kier alpha value is -2.70. The molecule has 1 aliphatic rings. The number of ether oxygens (including phenoxy) is 3. The van der Waals surface area contributed by atoms with Gasteiger partial charge in [-0.3, -0.25) is 0 Å². The van der Waals surface area contributed by atoms with Crippen molar-refractivity contribution in [2.24, 2.45) is 0 Å². The third kappa shape index (κ3) is 3.23. The van der Waals surface area contributed by atoms with Gasteiger partial charge >= 0.3 is 12.0 Å². The van der Waals surface area contributed by atoms with Crippen LogP contribution in [0.3, 0.4) is 0 Å². The molecule has 0 bridgehead atoms. The van der Waals surface area contributed by atoms with Crippen LogP contribution in [0.2, 0.25) is 0 Å². The highest BCUT2D eigenvalue weighted by Gasteiger charge is 2.34. The summed E-state index contributed by atoms with van der Waals surface area (Å²) in [6.07, 6.45) is 0. The number of carbonyl (C=O) groups is 2. The molecule has 0 spiro atoms. The molecule has 1 aliphatic heterocycles. The maximum absolute atomic E-state index is 12.3. The SMILES string of the molecule is CCOC(=O)C1=C(C)NC(=O)NC1c1cccc(OC)c1OC. The fourth-order valence-corrected chi connectivity index (χ4v) is 2.55. The Labute approximate surface area is 134 Å². The van der Waals surface area contributed by atoms with Crippen molar-refractivity contribution in [3.63, 3.8) is 0 Å². The standard InChI is InChI=1S/C16H20N2O5/c1-5-23-15(19)12-9(2)17-16(20)18-13(12)10-7-6-8-11(21-3)14(10)22-4/h6-8,13H,5H2,1-4H3,(H2,17,18,20). The number of amides is 2. The van der Waals surface area contributed by atoms with Crippen molar-refractivity contribution >= 4 is 12.0 Å². The lowest BCUT2D eigenvalue weighted by Crippen LogP contribution is -2.45. The third-order valence-corrected chi connectivity index (χ3v) is 3.51. The summed E-state index contributed by atoms with van der Waals surface area (Å²) in [5, 5.41) is 5.33. The van der Waals surface area contributed by atoms with Crippen LogP contribution in [0.5, 0.6) is 11.5 Å². The number of benzene rings is 1. The Morgan fingerprint density at radius 2 is 2.00 bits per heavy atom. The second-order valence-corrected chi connectivity index (χ2v) is 4.87. The number of hydrogen-bond acceptors (Lipinski definition) is 5. The van der Waals surface area contributed by atoms with Crippen LogP contribution >= 0.6 is 0 Å². The predicted molar refractivity (Wildman–Crippen MR) is 83.3 cm³/mol. The van der Waals surface area contributed by atoms with E-state index in [0.29, 0.717) is 28.3 Å². The van der Waals surface area contributed by atoms with Gasteiger partial charge in [-0.25, -0.2) is 9.59 Å². The van der Waals surface area contributed by atoms with Crippen LogP contribution < -0.4 is 20.1 Å². The van der Waals surface area contributed by atoms with E-state index in [9.17, 15) is 9.59 Å². The lowest BCUT2D eigenvalue weighted by atomic mass is 9.94. The molecule has 124 valence electrons. The van der Waals surface area contributed by atoms with Gasteiger partial charge in [-0.2, -0.15) is 0 Å². The van der Waals surface area contributed by atoms with Crippen molar-refractivity contribution in [1.29, 1.82) is 0 Å². The Bertz CT molecular complexity index is 654. The average molecular weight is 320 g/mol. The van der Waals surface area contributed by atoms with Crippen LogP contribution in [0.15, 0.2) is 29.5 Å². The zero-order valence-electron chi connectivity index (χ0n) is 13.6. The highest BCUT2D eigenvalue weighted by Crippen LogP contribution is 2.38. The molecule has 2 amide bonds. The fourth-order valence-electron chi connectivity index (χ4n) is 2.55. The van der Waals surface area contributed by atoms with Gasteiger partial charge in [0.25, 0.3) is 0 Å². The first kappa shape index (κ1) is 16.7. The second-order valence-electron chi connectivity index (χ2n) is 4.87. The van der Waals surface area contributed by atoms with Gasteiger partial charge in [0.2, 0.25) is 0 Å². The van der Waals surface area contributed by atoms with Crippen LogP contribution in [0.1, 0.15) is 25.5 Å². The van der Waals surface area contributed by atoms with Crippen LogP contribution in [0.25, 0.3) is 0 Å².